The van der Waals surface area contributed by atoms with Gasteiger partial charge in [-0.15, -0.1) is 6.58 Å². The van der Waals surface area contributed by atoms with E-state index < -0.39 is 8.07 Å². The predicted molar refractivity (Wildman–Crippen MR) is 52.1 cm³/mol. The Morgan fingerprint density at radius 1 is 1.55 bits per heavy atom. The van der Waals surface area contributed by atoms with Crippen LogP contribution in [0.4, 0.5) is 0 Å². The Morgan fingerprint density at radius 2 is 2.00 bits per heavy atom. The molecule has 0 aromatic rings. The normalized spacial score (nSPS) is 13.7. The summed E-state index contributed by atoms with van der Waals surface area (Å²) in [5, 5.41) is 8.85. The van der Waals surface area contributed by atoms with E-state index in [0.29, 0.717) is 0 Å². The fourth-order valence-corrected chi connectivity index (χ4v) is 2.24. The first-order valence-corrected chi connectivity index (χ1v) is 7.49. The van der Waals surface area contributed by atoms with Gasteiger partial charge in [-0.25, -0.2) is 0 Å². The van der Waals surface area contributed by atoms with E-state index in [2.05, 4.69) is 32.3 Å². The Labute approximate surface area is 70.7 Å². The second-order valence-corrected chi connectivity index (χ2v) is 9.64. The van der Waals surface area contributed by atoms with Gasteiger partial charge in [-0.3, -0.25) is 0 Å². The van der Waals surface area contributed by atoms with Crippen LogP contribution in [0.25, 0.3) is 0 Å². The number of nitriles is 1. The van der Waals surface area contributed by atoms with Crippen molar-refractivity contribution in [2.45, 2.75) is 38.5 Å². The van der Waals surface area contributed by atoms with E-state index in [1.54, 1.807) is 0 Å². The minimum Gasteiger partial charge on any atom is -0.198 e. The van der Waals surface area contributed by atoms with Gasteiger partial charge >= 0.3 is 0 Å². The van der Waals surface area contributed by atoms with Crippen LogP contribution in [0.2, 0.25) is 25.2 Å². The van der Waals surface area contributed by atoms with Crippen LogP contribution in [0, 0.1) is 11.3 Å². The molecule has 0 heterocycles. The summed E-state index contributed by atoms with van der Waals surface area (Å²) in [5.74, 6) is 0. The van der Waals surface area contributed by atoms with Crippen molar-refractivity contribution in [3.05, 3.63) is 12.2 Å². The molecule has 0 saturated heterocycles. The molecule has 0 radical (unpaired) electrons. The zero-order valence-electron chi connectivity index (χ0n) is 7.94. The lowest BCUT2D eigenvalue weighted by Crippen LogP contribution is -2.27. The molecule has 1 atom stereocenters. The first-order valence-electron chi connectivity index (χ1n) is 3.92. The van der Waals surface area contributed by atoms with Gasteiger partial charge in [0.1, 0.15) is 0 Å². The number of hydrogen-bond donors (Lipinski definition) is 0. The van der Waals surface area contributed by atoms with Crippen molar-refractivity contribution in [2.75, 3.05) is 0 Å². The lowest BCUT2D eigenvalue weighted by Gasteiger charge is -2.22. The number of hydrogen-bond acceptors (Lipinski definition) is 1. The van der Waals surface area contributed by atoms with E-state index in [1.807, 2.05) is 6.92 Å². The summed E-state index contributed by atoms with van der Waals surface area (Å²) in [5.41, 5.74) is 1.36. The summed E-state index contributed by atoms with van der Waals surface area (Å²) in [6.45, 7) is 12.5. The minimum absolute atomic E-state index is 0.236. The van der Waals surface area contributed by atoms with Crippen LogP contribution in [0.3, 0.4) is 0 Å². The van der Waals surface area contributed by atoms with Gasteiger partial charge in [0.25, 0.3) is 0 Å². The molecule has 0 fully saturated rings. The number of allylic oxidation sites excluding steroid dienone is 1. The fourth-order valence-electron chi connectivity index (χ4n) is 0.894. The van der Waals surface area contributed by atoms with Gasteiger partial charge in [-0.2, -0.15) is 5.26 Å². The quantitative estimate of drug-likeness (QED) is 0.468. The van der Waals surface area contributed by atoms with E-state index in [1.165, 1.54) is 0 Å². The highest BCUT2D eigenvalue weighted by Crippen LogP contribution is 2.26. The summed E-state index contributed by atoms with van der Waals surface area (Å²) in [4.78, 5) is 0. The highest BCUT2D eigenvalue weighted by Gasteiger charge is 2.25. The summed E-state index contributed by atoms with van der Waals surface area (Å²) in [6, 6.07) is 2.37. The van der Waals surface area contributed by atoms with E-state index >= 15 is 0 Å². The van der Waals surface area contributed by atoms with Crippen molar-refractivity contribution in [1.82, 2.24) is 0 Å². The van der Waals surface area contributed by atoms with Crippen molar-refractivity contribution < 1.29 is 0 Å². The van der Waals surface area contributed by atoms with Gasteiger partial charge < -0.3 is 0 Å². The second-order valence-electron chi connectivity index (χ2n) is 4.21. The van der Waals surface area contributed by atoms with Crippen LogP contribution >= 0.6 is 0 Å². The zero-order chi connectivity index (χ0) is 9.07. The third kappa shape index (κ3) is 4.00. The topological polar surface area (TPSA) is 23.8 Å². The van der Waals surface area contributed by atoms with Gasteiger partial charge in [-0.05, 0) is 13.3 Å². The lowest BCUT2D eigenvalue weighted by atomic mass is 10.2. The van der Waals surface area contributed by atoms with Crippen molar-refractivity contribution in [3.63, 3.8) is 0 Å². The number of nitrogens with zero attached hydrogens (tertiary/aromatic N) is 1. The molecule has 0 rings (SSSR count). The Bertz CT molecular complexity index is 183. The third-order valence-corrected chi connectivity index (χ3v) is 4.18. The van der Waals surface area contributed by atoms with Gasteiger partial charge in [-0.1, -0.05) is 25.2 Å². The molecule has 0 aliphatic heterocycles. The number of rotatable bonds is 3. The van der Waals surface area contributed by atoms with Crippen LogP contribution in [0.5, 0.6) is 0 Å². The summed E-state index contributed by atoms with van der Waals surface area (Å²) in [7, 11) is -1.27. The standard InChI is InChI=1S/C9H17NSi/c1-8(2)6-9(7-10)11(3,4)5/h9H,1,6H2,2-5H3/t9-/m0/s1. The average molecular weight is 167 g/mol. The van der Waals surface area contributed by atoms with E-state index in [9.17, 15) is 0 Å². The molecule has 0 aliphatic carbocycles. The molecule has 0 aromatic carbocycles. The van der Waals surface area contributed by atoms with Crippen molar-refractivity contribution >= 4 is 8.07 Å². The molecule has 2 heteroatoms. The van der Waals surface area contributed by atoms with E-state index in [0.717, 1.165) is 12.0 Å². The fraction of sp³-hybridized carbons (Fsp3) is 0.667. The van der Waals surface area contributed by atoms with Crippen LogP contribution in [-0.2, 0) is 0 Å². The second kappa shape index (κ2) is 3.73. The third-order valence-electron chi connectivity index (χ3n) is 1.75. The first-order chi connectivity index (χ1) is 4.88. The molecule has 0 aromatic heterocycles. The summed E-state index contributed by atoms with van der Waals surface area (Å²) >= 11 is 0. The Kier molecular flexibility index (Phi) is 3.54. The molecule has 0 saturated carbocycles. The molecular formula is C9H17NSi. The molecule has 0 aliphatic rings. The highest BCUT2D eigenvalue weighted by atomic mass is 28.3. The van der Waals surface area contributed by atoms with Crippen LogP contribution in [0.15, 0.2) is 12.2 Å². The van der Waals surface area contributed by atoms with Crippen LogP contribution in [0.1, 0.15) is 13.3 Å². The van der Waals surface area contributed by atoms with Crippen molar-refractivity contribution in [2.24, 2.45) is 0 Å². The molecule has 0 unspecified atom stereocenters. The highest BCUT2D eigenvalue weighted by molar-refractivity contribution is 6.78. The molecule has 11 heavy (non-hydrogen) atoms. The maximum absolute atomic E-state index is 8.85. The molecule has 1 nitrogen and oxygen atoms in total. The van der Waals surface area contributed by atoms with Gasteiger partial charge in [0.15, 0.2) is 0 Å². The minimum atomic E-state index is -1.27. The Hall–Kier alpha value is -0.553. The maximum Gasteiger partial charge on any atom is 0.0644 e. The summed E-state index contributed by atoms with van der Waals surface area (Å²) in [6.07, 6.45) is 0.881. The van der Waals surface area contributed by atoms with E-state index in [4.69, 9.17) is 5.26 Å². The van der Waals surface area contributed by atoms with Gasteiger partial charge in [0.05, 0.1) is 14.1 Å². The maximum atomic E-state index is 8.85. The largest absolute Gasteiger partial charge is 0.198 e. The SMILES string of the molecule is C=C(C)C[C@@H](C#N)[Si](C)(C)C. The first kappa shape index (κ1) is 10.4. The molecular weight excluding hydrogens is 150 g/mol. The Morgan fingerprint density at radius 3 is 2.09 bits per heavy atom. The predicted octanol–water partition coefficient (Wildman–Crippen LogP) is 3.18. The molecule has 0 N–H and O–H groups in total. The zero-order valence-corrected chi connectivity index (χ0v) is 8.94. The Balaban J connectivity index is 4.22. The molecule has 0 amide bonds. The van der Waals surface area contributed by atoms with Gasteiger partial charge in [0, 0.05) is 5.54 Å². The monoisotopic (exact) mass is 167 g/mol. The van der Waals surface area contributed by atoms with Crippen LogP contribution < -0.4 is 0 Å². The summed E-state index contributed by atoms with van der Waals surface area (Å²) < 4.78 is 0. The van der Waals surface area contributed by atoms with E-state index in [-0.39, 0.29) is 5.54 Å². The lowest BCUT2D eigenvalue weighted by molar-refractivity contribution is 0.948. The van der Waals surface area contributed by atoms with Crippen molar-refractivity contribution in [1.29, 1.82) is 5.26 Å². The van der Waals surface area contributed by atoms with Gasteiger partial charge in [0.2, 0.25) is 0 Å². The van der Waals surface area contributed by atoms with Crippen LogP contribution in [-0.4, -0.2) is 8.07 Å². The smallest absolute Gasteiger partial charge is 0.0644 e. The molecule has 62 valence electrons. The molecule has 0 spiro atoms. The molecule has 0 bridgehead atoms. The average Bonchev–Trinajstić information content (AvgIpc) is 1.79. The van der Waals surface area contributed by atoms with Crippen molar-refractivity contribution in [3.8, 4) is 6.07 Å².